The Labute approximate surface area is 159 Å². The Balaban J connectivity index is 1.43. The molecular formula is C21H24N4O2. The Morgan fingerprint density at radius 3 is 2.04 bits per heavy atom. The van der Waals surface area contributed by atoms with E-state index in [1.807, 2.05) is 52.3 Å². The van der Waals surface area contributed by atoms with Crippen LogP contribution in [0.2, 0.25) is 0 Å². The van der Waals surface area contributed by atoms with Crippen molar-refractivity contribution in [3.05, 3.63) is 59.8 Å². The lowest BCUT2D eigenvalue weighted by Crippen LogP contribution is -2.50. The lowest BCUT2D eigenvalue weighted by Gasteiger charge is -2.35. The van der Waals surface area contributed by atoms with Crippen LogP contribution in [0.3, 0.4) is 0 Å². The molecule has 1 aromatic carbocycles. The summed E-state index contributed by atoms with van der Waals surface area (Å²) >= 11 is 0. The summed E-state index contributed by atoms with van der Waals surface area (Å²) in [4.78, 5) is 36.0. The fourth-order valence-corrected chi connectivity index (χ4v) is 3.79. The molecule has 2 fully saturated rings. The number of hydrogen-bond acceptors (Lipinski definition) is 4. The molecule has 2 saturated heterocycles. The fourth-order valence-electron chi connectivity index (χ4n) is 3.79. The van der Waals surface area contributed by atoms with Gasteiger partial charge in [-0.05, 0) is 37.1 Å². The molecule has 0 radical (unpaired) electrons. The smallest absolute Gasteiger partial charge is 0.257 e. The first-order chi connectivity index (χ1) is 13.2. The third-order valence-electron chi connectivity index (χ3n) is 5.30. The van der Waals surface area contributed by atoms with Crippen molar-refractivity contribution in [2.75, 3.05) is 44.2 Å². The van der Waals surface area contributed by atoms with E-state index in [-0.39, 0.29) is 11.8 Å². The van der Waals surface area contributed by atoms with E-state index in [2.05, 4.69) is 9.88 Å². The third-order valence-corrected chi connectivity index (χ3v) is 5.30. The second-order valence-corrected chi connectivity index (χ2v) is 7.02. The van der Waals surface area contributed by atoms with E-state index in [0.717, 1.165) is 31.7 Å². The molecule has 2 aromatic rings. The average molecular weight is 364 g/mol. The Morgan fingerprint density at radius 2 is 1.37 bits per heavy atom. The predicted octanol–water partition coefficient (Wildman–Crippen LogP) is 2.28. The van der Waals surface area contributed by atoms with Crippen molar-refractivity contribution in [1.82, 2.24) is 14.8 Å². The molecule has 2 amide bonds. The van der Waals surface area contributed by atoms with Gasteiger partial charge in [-0.2, -0.15) is 0 Å². The van der Waals surface area contributed by atoms with Crippen LogP contribution in [-0.2, 0) is 0 Å². The molecule has 0 spiro atoms. The molecule has 140 valence electrons. The lowest BCUT2D eigenvalue weighted by atomic mass is 10.1. The van der Waals surface area contributed by atoms with Crippen molar-refractivity contribution >= 4 is 17.6 Å². The zero-order valence-electron chi connectivity index (χ0n) is 15.4. The van der Waals surface area contributed by atoms with E-state index < -0.39 is 0 Å². The maximum Gasteiger partial charge on any atom is 0.257 e. The number of aromatic nitrogens is 1. The molecule has 4 rings (SSSR count). The molecule has 0 N–H and O–H groups in total. The van der Waals surface area contributed by atoms with Gasteiger partial charge in [-0.3, -0.25) is 9.59 Å². The van der Waals surface area contributed by atoms with Crippen molar-refractivity contribution in [2.24, 2.45) is 0 Å². The van der Waals surface area contributed by atoms with Crippen molar-refractivity contribution in [2.45, 2.75) is 12.8 Å². The van der Waals surface area contributed by atoms with Gasteiger partial charge >= 0.3 is 0 Å². The summed E-state index contributed by atoms with van der Waals surface area (Å²) in [6, 6.07) is 13.0. The predicted molar refractivity (Wildman–Crippen MR) is 104 cm³/mol. The van der Waals surface area contributed by atoms with E-state index in [1.165, 1.54) is 0 Å². The van der Waals surface area contributed by atoms with Gasteiger partial charge in [0.25, 0.3) is 11.8 Å². The number of carbonyl (C=O) groups is 2. The highest BCUT2D eigenvalue weighted by molar-refractivity contribution is 5.99. The second-order valence-electron chi connectivity index (χ2n) is 7.02. The molecule has 2 aliphatic rings. The molecule has 6 nitrogen and oxygen atoms in total. The number of anilines is 1. The summed E-state index contributed by atoms with van der Waals surface area (Å²) in [5, 5.41) is 0. The van der Waals surface area contributed by atoms with Gasteiger partial charge in [0.2, 0.25) is 0 Å². The molecule has 6 heteroatoms. The fraction of sp³-hybridized carbons (Fsp3) is 0.381. The molecule has 2 aliphatic heterocycles. The highest BCUT2D eigenvalue weighted by Crippen LogP contribution is 2.23. The number of amides is 2. The first kappa shape index (κ1) is 17.5. The van der Waals surface area contributed by atoms with Crippen LogP contribution in [-0.4, -0.2) is 65.9 Å². The van der Waals surface area contributed by atoms with Crippen LogP contribution in [0.25, 0.3) is 0 Å². The minimum Gasteiger partial charge on any atom is -0.356 e. The van der Waals surface area contributed by atoms with Gasteiger partial charge in [0.05, 0.1) is 5.56 Å². The zero-order chi connectivity index (χ0) is 18.6. The molecule has 0 atom stereocenters. The first-order valence-corrected chi connectivity index (χ1v) is 9.57. The minimum atomic E-state index is 0.0109. The van der Waals surface area contributed by atoms with Crippen molar-refractivity contribution in [3.63, 3.8) is 0 Å². The van der Waals surface area contributed by atoms with Gasteiger partial charge in [0, 0.05) is 51.0 Å². The van der Waals surface area contributed by atoms with Crippen molar-refractivity contribution in [1.29, 1.82) is 0 Å². The number of carbonyl (C=O) groups excluding carboxylic acids is 2. The van der Waals surface area contributed by atoms with Crippen molar-refractivity contribution < 1.29 is 9.59 Å². The molecular weight excluding hydrogens is 340 g/mol. The van der Waals surface area contributed by atoms with Gasteiger partial charge < -0.3 is 14.7 Å². The van der Waals surface area contributed by atoms with Gasteiger partial charge in [-0.25, -0.2) is 4.98 Å². The third kappa shape index (κ3) is 3.65. The summed E-state index contributed by atoms with van der Waals surface area (Å²) in [7, 11) is 0. The SMILES string of the molecule is O=C(c1ccccc1)N1CCN(C(=O)c2cccnc2N2CCCC2)CC1. The van der Waals surface area contributed by atoms with Crippen LogP contribution in [0.1, 0.15) is 33.6 Å². The van der Waals surface area contributed by atoms with Crippen LogP contribution in [0.5, 0.6) is 0 Å². The van der Waals surface area contributed by atoms with Gasteiger partial charge in [-0.1, -0.05) is 18.2 Å². The molecule has 0 saturated carbocycles. The van der Waals surface area contributed by atoms with Crippen LogP contribution < -0.4 is 4.90 Å². The Morgan fingerprint density at radius 1 is 0.741 bits per heavy atom. The zero-order valence-corrected chi connectivity index (χ0v) is 15.4. The van der Waals surface area contributed by atoms with E-state index >= 15 is 0 Å². The quantitative estimate of drug-likeness (QED) is 0.838. The summed E-state index contributed by atoms with van der Waals surface area (Å²) < 4.78 is 0. The standard InChI is InChI=1S/C21H24N4O2/c26-20(17-7-2-1-3-8-17)24-13-15-25(16-14-24)21(27)18-9-6-10-22-19(18)23-11-4-5-12-23/h1-3,6-10H,4-5,11-16H2. The molecule has 27 heavy (non-hydrogen) atoms. The topological polar surface area (TPSA) is 56.8 Å². The summed E-state index contributed by atoms with van der Waals surface area (Å²) in [6.07, 6.45) is 4.04. The normalized spacial score (nSPS) is 17.3. The van der Waals surface area contributed by atoms with Crippen LogP contribution in [0.4, 0.5) is 5.82 Å². The maximum absolute atomic E-state index is 13.1. The average Bonchev–Trinajstić information content (AvgIpc) is 3.28. The summed E-state index contributed by atoms with van der Waals surface area (Å²) in [5.41, 5.74) is 1.36. The minimum absolute atomic E-state index is 0.0109. The molecule has 0 unspecified atom stereocenters. The van der Waals surface area contributed by atoms with Gasteiger partial charge in [0.15, 0.2) is 0 Å². The number of nitrogens with zero attached hydrogens (tertiary/aromatic N) is 4. The van der Waals surface area contributed by atoms with Crippen molar-refractivity contribution in [3.8, 4) is 0 Å². The van der Waals surface area contributed by atoms with Crippen LogP contribution >= 0.6 is 0 Å². The Bertz CT molecular complexity index is 810. The number of benzene rings is 1. The van der Waals surface area contributed by atoms with E-state index in [4.69, 9.17) is 0 Å². The number of hydrogen-bond donors (Lipinski definition) is 0. The molecule has 0 bridgehead atoms. The summed E-state index contributed by atoms with van der Waals surface area (Å²) in [5.74, 6) is 0.835. The van der Waals surface area contributed by atoms with E-state index in [1.54, 1.807) is 6.20 Å². The van der Waals surface area contributed by atoms with Crippen LogP contribution in [0.15, 0.2) is 48.7 Å². The van der Waals surface area contributed by atoms with Gasteiger partial charge in [-0.15, -0.1) is 0 Å². The highest BCUT2D eigenvalue weighted by Gasteiger charge is 2.28. The first-order valence-electron chi connectivity index (χ1n) is 9.57. The Hall–Kier alpha value is -2.89. The summed E-state index contributed by atoms with van der Waals surface area (Å²) in [6.45, 7) is 4.11. The monoisotopic (exact) mass is 364 g/mol. The number of piperazine rings is 1. The molecule has 1 aromatic heterocycles. The van der Waals surface area contributed by atoms with Gasteiger partial charge in [0.1, 0.15) is 5.82 Å². The Kier molecular flexibility index (Phi) is 5.05. The number of rotatable bonds is 3. The molecule has 0 aliphatic carbocycles. The van der Waals surface area contributed by atoms with Crippen LogP contribution in [0, 0.1) is 0 Å². The maximum atomic E-state index is 13.1. The number of pyridine rings is 1. The molecule has 3 heterocycles. The van der Waals surface area contributed by atoms with E-state index in [0.29, 0.717) is 37.3 Å². The highest BCUT2D eigenvalue weighted by atomic mass is 16.2. The lowest BCUT2D eigenvalue weighted by molar-refractivity contribution is 0.0535. The largest absolute Gasteiger partial charge is 0.356 e. The van der Waals surface area contributed by atoms with E-state index in [9.17, 15) is 9.59 Å². The second kappa shape index (κ2) is 7.78.